The second-order valence-corrected chi connectivity index (χ2v) is 7.16. The monoisotopic (exact) mass is 485 g/mol. The Morgan fingerprint density at radius 1 is 1.05 bits per heavy atom. The number of halogens is 5. The van der Waals surface area contributed by atoms with E-state index in [4.69, 9.17) is 39.5 Å². The Morgan fingerprint density at radius 2 is 1.68 bits per heavy atom. The fourth-order valence-electron chi connectivity index (χ4n) is 1.74. The minimum Gasteiger partial charge on any atom is -0.495 e. The van der Waals surface area contributed by atoms with Crippen molar-refractivity contribution in [2.45, 2.75) is 0 Å². The number of benzene rings is 2. The molecule has 0 aromatic heterocycles. The number of nitrogens with one attached hydrogen (secondary N) is 1. The van der Waals surface area contributed by atoms with Gasteiger partial charge >= 0.3 is 0 Å². The Hall–Kier alpha value is -0.460. The van der Waals surface area contributed by atoms with Crippen molar-refractivity contribution < 1.29 is 9.53 Å². The predicted octanol–water partition coefficient (Wildman–Crippen LogP) is 6.43. The van der Waals surface area contributed by atoms with E-state index in [1.54, 1.807) is 12.1 Å². The van der Waals surface area contributed by atoms with Crippen LogP contribution in [0.2, 0.25) is 15.1 Å². The molecule has 0 unspecified atom stereocenters. The number of amides is 1. The van der Waals surface area contributed by atoms with Crippen LogP contribution in [0.5, 0.6) is 5.75 Å². The van der Waals surface area contributed by atoms with Crippen LogP contribution >= 0.6 is 66.7 Å². The van der Waals surface area contributed by atoms with E-state index in [-0.39, 0.29) is 10.9 Å². The lowest BCUT2D eigenvalue weighted by Gasteiger charge is -2.13. The Kier molecular flexibility index (Phi) is 6.02. The van der Waals surface area contributed by atoms with Gasteiger partial charge in [-0.3, -0.25) is 4.79 Å². The van der Waals surface area contributed by atoms with Gasteiger partial charge in [0.1, 0.15) is 5.75 Å². The van der Waals surface area contributed by atoms with Crippen LogP contribution in [0.4, 0.5) is 5.69 Å². The first-order valence-corrected chi connectivity index (χ1v) is 8.54. The standard InChI is InChI=1S/C14H8Br2Cl3NO2/c1-22-13-7(2-6(15)3-8(13)16)14(21)20-12-5-10(18)9(17)4-11(12)19/h2-5H,1H3,(H,20,21). The Labute approximate surface area is 159 Å². The maximum Gasteiger partial charge on any atom is 0.259 e. The zero-order valence-electron chi connectivity index (χ0n) is 11.0. The smallest absolute Gasteiger partial charge is 0.259 e. The highest BCUT2D eigenvalue weighted by molar-refractivity contribution is 9.11. The molecule has 0 fully saturated rings. The molecule has 0 saturated carbocycles. The summed E-state index contributed by atoms with van der Waals surface area (Å²) in [5, 5.41) is 3.58. The van der Waals surface area contributed by atoms with Gasteiger partial charge in [0, 0.05) is 4.47 Å². The number of methoxy groups -OCH3 is 1. The molecule has 0 radical (unpaired) electrons. The highest BCUT2D eigenvalue weighted by Crippen LogP contribution is 2.35. The average molecular weight is 488 g/mol. The molecule has 2 aromatic carbocycles. The molecule has 2 aromatic rings. The molecule has 8 heteroatoms. The van der Waals surface area contributed by atoms with E-state index in [0.717, 1.165) is 4.47 Å². The molecule has 1 amide bonds. The summed E-state index contributed by atoms with van der Waals surface area (Å²) < 4.78 is 6.63. The van der Waals surface area contributed by atoms with Crippen molar-refractivity contribution in [3.05, 3.63) is 53.8 Å². The highest BCUT2D eigenvalue weighted by Gasteiger charge is 2.18. The molecule has 1 N–H and O–H groups in total. The van der Waals surface area contributed by atoms with Crippen LogP contribution in [0.3, 0.4) is 0 Å². The van der Waals surface area contributed by atoms with E-state index < -0.39 is 0 Å². The highest BCUT2D eigenvalue weighted by atomic mass is 79.9. The van der Waals surface area contributed by atoms with Crippen LogP contribution in [0.25, 0.3) is 0 Å². The van der Waals surface area contributed by atoms with Crippen LogP contribution in [0, 0.1) is 0 Å². The van der Waals surface area contributed by atoms with Crippen molar-refractivity contribution in [3.63, 3.8) is 0 Å². The molecular formula is C14H8Br2Cl3NO2. The molecule has 22 heavy (non-hydrogen) atoms. The van der Waals surface area contributed by atoms with Gasteiger partial charge in [-0.1, -0.05) is 50.7 Å². The SMILES string of the molecule is COc1c(Br)cc(Br)cc1C(=O)Nc1cc(Cl)c(Cl)cc1Cl. The Bertz CT molecular complexity index is 753. The predicted molar refractivity (Wildman–Crippen MR) is 97.8 cm³/mol. The minimum atomic E-state index is -0.390. The van der Waals surface area contributed by atoms with Crippen molar-refractivity contribution in [1.82, 2.24) is 0 Å². The molecule has 2 rings (SSSR count). The molecule has 0 bridgehead atoms. The minimum absolute atomic E-state index is 0.288. The Balaban J connectivity index is 2.40. The molecule has 0 heterocycles. The molecule has 0 saturated heterocycles. The number of anilines is 1. The molecule has 0 aliphatic rings. The molecule has 0 aliphatic carbocycles. The Morgan fingerprint density at radius 3 is 2.32 bits per heavy atom. The first kappa shape index (κ1) is 17.9. The van der Waals surface area contributed by atoms with E-state index in [0.29, 0.717) is 31.5 Å². The molecule has 0 aliphatic heterocycles. The van der Waals surface area contributed by atoms with Crippen LogP contribution in [-0.2, 0) is 0 Å². The van der Waals surface area contributed by atoms with Crippen LogP contribution < -0.4 is 10.1 Å². The van der Waals surface area contributed by atoms with E-state index >= 15 is 0 Å². The molecule has 3 nitrogen and oxygen atoms in total. The summed E-state index contributed by atoms with van der Waals surface area (Å²) in [5.41, 5.74) is 0.699. The van der Waals surface area contributed by atoms with Gasteiger partial charge in [-0.05, 0) is 40.2 Å². The zero-order valence-corrected chi connectivity index (χ0v) is 16.5. The fourth-order valence-corrected chi connectivity index (χ4v) is 3.73. The topological polar surface area (TPSA) is 38.3 Å². The summed E-state index contributed by atoms with van der Waals surface area (Å²) in [7, 11) is 1.48. The zero-order chi connectivity index (χ0) is 16.4. The molecule has 0 atom stereocenters. The molecular weight excluding hydrogens is 480 g/mol. The second kappa shape index (κ2) is 7.41. The fraction of sp³-hybridized carbons (Fsp3) is 0.0714. The van der Waals surface area contributed by atoms with Crippen molar-refractivity contribution in [2.24, 2.45) is 0 Å². The maximum absolute atomic E-state index is 12.5. The van der Waals surface area contributed by atoms with E-state index in [1.807, 2.05) is 0 Å². The number of carbonyl (C=O) groups excluding carboxylic acids is 1. The van der Waals surface area contributed by atoms with E-state index in [2.05, 4.69) is 37.2 Å². The summed E-state index contributed by atoms with van der Waals surface area (Å²) >= 11 is 24.6. The van der Waals surface area contributed by atoms with Crippen molar-refractivity contribution in [1.29, 1.82) is 0 Å². The van der Waals surface area contributed by atoms with Crippen LogP contribution in [0.1, 0.15) is 10.4 Å². The first-order valence-electron chi connectivity index (χ1n) is 5.82. The molecule has 0 spiro atoms. The van der Waals surface area contributed by atoms with Crippen molar-refractivity contribution in [3.8, 4) is 5.75 Å². The van der Waals surface area contributed by atoms with Gasteiger partial charge < -0.3 is 10.1 Å². The van der Waals surface area contributed by atoms with Gasteiger partial charge in [0.25, 0.3) is 5.91 Å². The summed E-state index contributed by atoms with van der Waals surface area (Å²) in [5.74, 6) is 0.0241. The van der Waals surface area contributed by atoms with Gasteiger partial charge in [0.15, 0.2) is 0 Å². The van der Waals surface area contributed by atoms with Gasteiger partial charge in [-0.25, -0.2) is 0 Å². The third kappa shape index (κ3) is 3.89. The van der Waals surface area contributed by atoms with Gasteiger partial charge in [-0.15, -0.1) is 0 Å². The largest absolute Gasteiger partial charge is 0.495 e. The number of hydrogen-bond donors (Lipinski definition) is 1. The number of ether oxygens (including phenoxy) is 1. The second-order valence-electron chi connectivity index (χ2n) is 4.17. The number of rotatable bonds is 3. The van der Waals surface area contributed by atoms with Crippen molar-refractivity contribution >= 4 is 78.3 Å². The number of carbonyl (C=O) groups is 1. The normalized spacial score (nSPS) is 10.5. The quantitative estimate of drug-likeness (QED) is 0.506. The lowest BCUT2D eigenvalue weighted by Crippen LogP contribution is -2.14. The van der Waals surface area contributed by atoms with E-state index in [1.165, 1.54) is 19.2 Å². The van der Waals surface area contributed by atoms with Crippen molar-refractivity contribution in [2.75, 3.05) is 12.4 Å². The lowest BCUT2D eigenvalue weighted by molar-refractivity contribution is 0.102. The van der Waals surface area contributed by atoms with Crippen LogP contribution in [-0.4, -0.2) is 13.0 Å². The third-order valence-corrected chi connectivity index (χ3v) is 4.80. The van der Waals surface area contributed by atoms with Crippen LogP contribution in [0.15, 0.2) is 33.2 Å². The van der Waals surface area contributed by atoms with Gasteiger partial charge in [0.05, 0.1) is 37.9 Å². The first-order chi connectivity index (χ1) is 10.3. The summed E-state index contributed by atoms with van der Waals surface area (Å²) in [4.78, 5) is 12.5. The number of hydrogen-bond acceptors (Lipinski definition) is 2. The molecule has 116 valence electrons. The summed E-state index contributed by atoms with van der Waals surface area (Å²) in [6.07, 6.45) is 0. The average Bonchev–Trinajstić information content (AvgIpc) is 2.43. The third-order valence-electron chi connectivity index (χ3n) is 2.72. The summed E-state index contributed by atoms with van der Waals surface area (Å²) in [6, 6.07) is 6.38. The van der Waals surface area contributed by atoms with E-state index in [9.17, 15) is 4.79 Å². The van der Waals surface area contributed by atoms with Gasteiger partial charge in [0.2, 0.25) is 0 Å². The maximum atomic E-state index is 12.5. The van der Waals surface area contributed by atoms with Gasteiger partial charge in [-0.2, -0.15) is 0 Å². The lowest BCUT2D eigenvalue weighted by atomic mass is 10.2. The summed E-state index contributed by atoms with van der Waals surface area (Å²) in [6.45, 7) is 0.